The Labute approximate surface area is 220 Å². The second-order valence-corrected chi connectivity index (χ2v) is 8.70. The first-order chi connectivity index (χ1) is 18.5. The van der Waals surface area contributed by atoms with Crippen LogP contribution in [0, 0.1) is 0 Å². The van der Waals surface area contributed by atoms with Crippen LogP contribution < -0.4 is 0 Å². The van der Waals surface area contributed by atoms with Crippen LogP contribution in [-0.2, 0) is 14.3 Å². The van der Waals surface area contributed by atoms with E-state index in [1.54, 1.807) is 48.5 Å². The van der Waals surface area contributed by atoms with E-state index in [1.807, 2.05) is 60.7 Å². The van der Waals surface area contributed by atoms with Crippen molar-refractivity contribution in [2.24, 2.45) is 0 Å². The van der Waals surface area contributed by atoms with Gasteiger partial charge >= 0.3 is 11.9 Å². The molecule has 0 atom stereocenters. The molecule has 0 saturated heterocycles. The summed E-state index contributed by atoms with van der Waals surface area (Å²) in [6.45, 7) is 0. The predicted octanol–water partition coefficient (Wildman–Crippen LogP) is 6.36. The summed E-state index contributed by atoms with van der Waals surface area (Å²) in [5.41, 5.74) is 6.67. The summed E-state index contributed by atoms with van der Waals surface area (Å²) in [5, 5.41) is 0. The number of esters is 2. The van der Waals surface area contributed by atoms with Crippen molar-refractivity contribution in [3.63, 3.8) is 0 Å². The van der Waals surface area contributed by atoms with E-state index >= 15 is 0 Å². The molecule has 0 aliphatic heterocycles. The summed E-state index contributed by atoms with van der Waals surface area (Å²) < 4.78 is 9.68. The zero-order valence-corrected chi connectivity index (χ0v) is 20.9. The molecule has 5 rings (SSSR count). The van der Waals surface area contributed by atoms with Gasteiger partial charge in [-0.2, -0.15) is 0 Å². The minimum atomic E-state index is -0.443. The highest BCUT2D eigenvalue weighted by Crippen LogP contribution is 2.49. The first kappa shape index (κ1) is 24.7. The zero-order chi connectivity index (χ0) is 26.6. The van der Waals surface area contributed by atoms with E-state index in [9.17, 15) is 14.4 Å². The Morgan fingerprint density at radius 2 is 0.763 bits per heavy atom. The Morgan fingerprint density at radius 1 is 0.447 bits per heavy atom. The monoisotopic (exact) mass is 500 g/mol. The van der Waals surface area contributed by atoms with E-state index in [4.69, 9.17) is 9.47 Å². The average molecular weight is 501 g/mol. The van der Waals surface area contributed by atoms with Crippen LogP contribution in [0.5, 0.6) is 0 Å². The van der Waals surface area contributed by atoms with Crippen LogP contribution in [0.4, 0.5) is 0 Å². The first-order valence-electron chi connectivity index (χ1n) is 12.1. The fourth-order valence-electron chi connectivity index (χ4n) is 4.72. The van der Waals surface area contributed by atoms with E-state index in [-0.39, 0.29) is 5.78 Å². The molecule has 1 aliphatic rings. The molecular weight excluding hydrogens is 476 g/mol. The Kier molecular flexibility index (Phi) is 6.83. The van der Waals surface area contributed by atoms with Gasteiger partial charge in [0.25, 0.3) is 0 Å². The fraction of sp³-hybridized carbons (Fsp3) is 0.0606. The molecule has 38 heavy (non-hydrogen) atoms. The molecule has 4 aromatic rings. The highest BCUT2D eigenvalue weighted by Gasteiger charge is 2.35. The largest absolute Gasteiger partial charge is 0.465 e. The number of hydrogen-bond donors (Lipinski definition) is 0. The van der Waals surface area contributed by atoms with Gasteiger partial charge in [0.05, 0.1) is 25.3 Å². The van der Waals surface area contributed by atoms with E-state index in [1.165, 1.54) is 14.2 Å². The summed E-state index contributed by atoms with van der Waals surface area (Å²) in [6, 6.07) is 33.3. The SMILES string of the molecule is COC(=O)c1ccc(C2=C(c3ccccc3)C(c3ccccc3)=C(c3ccc(C(=O)OC)cc3)C2=O)cc1. The highest BCUT2D eigenvalue weighted by atomic mass is 16.5. The molecule has 5 heteroatoms. The molecule has 0 aromatic heterocycles. The van der Waals surface area contributed by atoms with Gasteiger partial charge in [0.15, 0.2) is 5.78 Å². The minimum absolute atomic E-state index is 0.139. The summed E-state index contributed by atoms with van der Waals surface area (Å²) in [7, 11) is 2.67. The zero-order valence-electron chi connectivity index (χ0n) is 20.9. The molecule has 5 nitrogen and oxygen atoms in total. The number of Topliss-reactive ketones (excluding diaryl/α,β-unsaturated/α-hetero) is 1. The van der Waals surface area contributed by atoms with Crippen LogP contribution in [0.15, 0.2) is 109 Å². The van der Waals surface area contributed by atoms with Gasteiger partial charge < -0.3 is 9.47 Å². The van der Waals surface area contributed by atoms with E-state index < -0.39 is 11.9 Å². The lowest BCUT2D eigenvalue weighted by Crippen LogP contribution is -2.05. The van der Waals surface area contributed by atoms with E-state index in [2.05, 4.69) is 0 Å². The van der Waals surface area contributed by atoms with Gasteiger partial charge in [-0.1, -0.05) is 84.9 Å². The number of benzene rings is 4. The van der Waals surface area contributed by atoms with Crippen molar-refractivity contribution in [3.05, 3.63) is 143 Å². The highest BCUT2D eigenvalue weighted by molar-refractivity contribution is 6.59. The summed E-state index contributed by atoms with van der Waals surface area (Å²) in [6.07, 6.45) is 0. The Balaban J connectivity index is 1.77. The van der Waals surface area contributed by atoms with Crippen molar-refractivity contribution in [1.82, 2.24) is 0 Å². The molecule has 0 N–H and O–H groups in total. The second-order valence-electron chi connectivity index (χ2n) is 8.70. The number of ketones is 1. The first-order valence-corrected chi connectivity index (χ1v) is 12.1. The fourth-order valence-corrected chi connectivity index (χ4v) is 4.72. The normalized spacial score (nSPS) is 13.1. The topological polar surface area (TPSA) is 69.7 Å². The number of hydrogen-bond acceptors (Lipinski definition) is 5. The molecule has 0 unspecified atom stereocenters. The predicted molar refractivity (Wildman–Crippen MR) is 147 cm³/mol. The summed E-state index contributed by atoms with van der Waals surface area (Å²) >= 11 is 0. The van der Waals surface area contributed by atoms with Gasteiger partial charge in [-0.3, -0.25) is 4.79 Å². The maximum Gasteiger partial charge on any atom is 0.337 e. The van der Waals surface area contributed by atoms with Gasteiger partial charge in [0.1, 0.15) is 0 Å². The third-order valence-corrected chi connectivity index (χ3v) is 6.52. The van der Waals surface area contributed by atoms with Crippen molar-refractivity contribution < 1.29 is 23.9 Å². The number of allylic oxidation sites excluding steroid dienone is 4. The van der Waals surface area contributed by atoms with Crippen molar-refractivity contribution in [2.45, 2.75) is 0 Å². The molecule has 1 aliphatic carbocycles. The Morgan fingerprint density at radius 3 is 1.08 bits per heavy atom. The molecule has 0 radical (unpaired) electrons. The summed E-state index contributed by atoms with van der Waals surface area (Å²) in [5.74, 6) is -1.03. The molecular formula is C33H24O5. The maximum absolute atomic E-state index is 14.3. The van der Waals surface area contributed by atoms with Crippen LogP contribution in [0.2, 0.25) is 0 Å². The lowest BCUT2D eigenvalue weighted by Gasteiger charge is -2.13. The van der Waals surface area contributed by atoms with Crippen molar-refractivity contribution in [1.29, 1.82) is 0 Å². The lowest BCUT2D eigenvalue weighted by atomic mass is 9.89. The van der Waals surface area contributed by atoms with Crippen LogP contribution in [-0.4, -0.2) is 31.9 Å². The minimum Gasteiger partial charge on any atom is -0.465 e. The second kappa shape index (κ2) is 10.5. The number of carbonyl (C=O) groups is 3. The quantitative estimate of drug-likeness (QED) is 0.288. The number of rotatable bonds is 6. The van der Waals surface area contributed by atoms with Gasteiger partial charge in [-0.25, -0.2) is 9.59 Å². The molecule has 0 heterocycles. The van der Waals surface area contributed by atoms with Crippen LogP contribution in [0.25, 0.3) is 22.3 Å². The van der Waals surface area contributed by atoms with E-state index in [0.717, 1.165) is 22.3 Å². The van der Waals surface area contributed by atoms with Gasteiger partial charge in [-0.15, -0.1) is 0 Å². The lowest BCUT2D eigenvalue weighted by molar-refractivity contribution is -0.108. The van der Waals surface area contributed by atoms with Gasteiger partial charge in [0, 0.05) is 22.3 Å². The van der Waals surface area contributed by atoms with Crippen LogP contribution >= 0.6 is 0 Å². The average Bonchev–Trinajstić information content (AvgIpc) is 3.30. The van der Waals surface area contributed by atoms with Crippen LogP contribution in [0.1, 0.15) is 43.0 Å². The maximum atomic E-state index is 14.3. The third kappa shape index (κ3) is 4.46. The third-order valence-electron chi connectivity index (χ3n) is 6.52. The number of carbonyl (C=O) groups excluding carboxylic acids is 3. The van der Waals surface area contributed by atoms with Gasteiger partial charge in [-0.05, 0) is 46.5 Å². The summed E-state index contributed by atoms with van der Waals surface area (Å²) in [4.78, 5) is 38.4. The smallest absolute Gasteiger partial charge is 0.337 e. The van der Waals surface area contributed by atoms with Gasteiger partial charge in [0.2, 0.25) is 0 Å². The van der Waals surface area contributed by atoms with Crippen molar-refractivity contribution >= 4 is 40.0 Å². The van der Waals surface area contributed by atoms with Crippen molar-refractivity contribution in [2.75, 3.05) is 14.2 Å². The molecule has 186 valence electrons. The molecule has 0 amide bonds. The van der Waals surface area contributed by atoms with Crippen LogP contribution in [0.3, 0.4) is 0 Å². The molecule has 0 spiro atoms. The van der Waals surface area contributed by atoms with Crippen molar-refractivity contribution in [3.8, 4) is 0 Å². The molecule has 0 saturated carbocycles. The molecule has 0 fully saturated rings. The Hall–Kier alpha value is -5.03. The Bertz CT molecular complexity index is 1460. The number of ether oxygens (including phenoxy) is 2. The molecule has 0 bridgehead atoms. The van der Waals surface area contributed by atoms with E-state index in [0.29, 0.717) is 33.4 Å². The number of methoxy groups -OCH3 is 2. The standard InChI is InChI=1S/C33H24O5/c1-37-32(35)25-17-13-23(14-18-25)29-27(21-9-5-3-6-10-21)28(22-11-7-4-8-12-22)30(31(29)34)24-15-19-26(20-16-24)33(36)38-2/h3-20H,1-2H3. The molecule has 4 aromatic carbocycles.